The second-order valence-corrected chi connectivity index (χ2v) is 4.62. The van der Waals surface area contributed by atoms with Gasteiger partial charge in [0.15, 0.2) is 0 Å². The molecule has 0 spiro atoms. The van der Waals surface area contributed by atoms with Crippen molar-refractivity contribution in [3.63, 3.8) is 0 Å². The lowest BCUT2D eigenvalue weighted by molar-refractivity contribution is -0.123. The summed E-state index contributed by atoms with van der Waals surface area (Å²) in [6, 6.07) is 0. The number of likely N-dealkylation sites (N-methyl/N-ethyl adjacent to an activating group) is 1. The van der Waals surface area contributed by atoms with Crippen molar-refractivity contribution in [2.75, 3.05) is 40.4 Å². The second kappa shape index (κ2) is 5.88. The average Bonchev–Trinajstić information content (AvgIpc) is 2.25. The number of ether oxygens (including phenoxy) is 2. The predicted molar refractivity (Wildman–Crippen MR) is 62.2 cm³/mol. The summed E-state index contributed by atoms with van der Waals surface area (Å²) in [5.74, 6) is -0.222. The van der Waals surface area contributed by atoms with Crippen LogP contribution in [0.5, 0.6) is 0 Å². The lowest BCUT2D eigenvalue weighted by Crippen LogP contribution is -2.47. The van der Waals surface area contributed by atoms with Crippen molar-refractivity contribution >= 4 is 5.91 Å². The summed E-state index contributed by atoms with van der Waals surface area (Å²) in [6.07, 6.45) is 1.29. The van der Waals surface area contributed by atoms with E-state index in [0.717, 1.165) is 0 Å². The normalized spacial score (nSPS) is 18.8. The van der Waals surface area contributed by atoms with Gasteiger partial charge in [-0.1, -0.05) is 0 Å². The van der Waals surface area contributed by atoms with Crippen molar-refractivity contribution in [3.05, 3.63) is 12.0 Å². The molecule has 0 radical (unpaired) electrons. The number of nitrogens with one attached hydrogen (secondary N) is 1. The maximum atomic E-state index is 11.6. The zero-order chi connectivity index (χ0) is 12.9. The van der Waals surface area contributed by atoms with E-state index in [9.17, 15) is 9.90 Å². The number of amides is 1. The minimum Gasteiger partial charge on any atom is -0.494 e. The molecule has 1 aliphatic heterocycles. The summed E-state index contributed by atoms with van der Waals surface area (Å²) in [4.78, 5) is 13.5. The molecule has 1 atom stereocenters. The van der Waals surface area contributed by atoms with Crippen LogP contribution in [0.2, 0.25) is 0 Å². The van der Waals surface area contributed by atoms with Gasteiger partial charge >= 0.3 is 0 Å². The summed E-state index contributed by atoms with van der Waals surface area (Å²) in [7, 11) is 3.72. The van der Waals surface area contributed by atoms with Gasteiger partial charge in [-0.3, -0.25) is 4.79 Å². The molecule has 0 aromatic heterocycles. The third kappa shape index (κ3) is 5.06. The summed E-state index contributed by atoms with van der Waals surface area (Å²) >= 11 is 0. The highest BCUT2D eigenvalue weighted by atomic mass is 16.6. The average molecular weight is 244 g/mol. The first-order valence-electron chi connectivity index (χ1n) is 5.50. The Morgan fingerprint density at radius 2 is 2.29 bits per heavy atom. The quantitative estimate of drug-likeness (QED) is 0.669. The van der Waals surface area contributed by atoms with Crippen LogP contribution < -0.4 is 5.32 Å². The van der Waals surface area contributed by atoms with E-state index in [1.54, 1.807) is 6.92 Å². The van der Waals surface area contributed by atoms with Crippen LogP contribution in [0, 0.1) is 0 Å². The fourth-order valence-corrected chi connectivity index (χ4v) is 1.58. The first-order valence-corrected chi connectivity index (χ1v) is 5.50. The van der Waals surface area contributed by atoms with Crippen molar-refractivity contribution in [1.82, 2.24) is 10.2 Å². The van der Waals surface area contributed by atoms with E-state index in [1.807, 2.05) is 19.0 Å². The number of hydrogen-bond acceptors (Lipinski definition) is 5. The van der Waals surface area contributed by atoms with Crippen molar-refractivity contribution < 1.29 is 19.4 Å². The summed E-state index contributed by atoms with van der Waals surface area (Å²) in [5, 5.41) is 12.6. The maximum absolute atomic E-state index is 11.6. The SMILES string of the molecule is CN(C)CC(C)(O)CNC(=O)C1=COCCO1. The summed E-state index contributed by atoms with van der Waals surface area (Å²) in [5.41, 5.74) is -0.977. The molecule has 0 saturated carbocycles. The van der Waals surface area contributed by atoms with Gasteiger partial charge in [0.05, 0.1) is 5.60 Å². The number of nitrogens with zero attached hydrogens (tertiary/aromatic N) is 1. The highest BCUT2D eigenvalue weighted by Gasteiger charge is 2.24. The molecule has 0 fully saturated rings. The molecule has 1 aliphatic rings. The Bertz CT molecular complexity index is 300. The van der Waals surface area contributed by atoms with E-state index < -0.39 is 5.60 Å². The molecule has 98 valence electrons. The van der Waals surface area contributed by atoms with Crippen LogP contribution in [0.4, 0.5) is 0 Å². The predicted octanol–water partition coefficient (Wildman–Crippen LogP) is -0.697. The second-order valence-electron chi connectivity index (χ2n) is 4.62. The molecule has 17 heavy (non-hydrogen) atoms. The molecule has 0 bridgehead atoms. The van der Waals surface area contributed by atoms with Crippen LogP contribution in [0.1, 0.15) is 6.92 Å². The Labute approximate surface area is 101 Å². The van der Waals surface area contributed by atoms with Gasteiger partial charge in [0.1, 0.15) is 19.5 Å². The van der Waals surface area contributed by atoms with Gasteiger partial charge in [0, 0.05) is 13.1 Å². The number of carbonyl (C=O) groups excluding carboxylic acids is 1. The third-order valence-corrected chi connectivity index (χ3v) is 2.16. The van der Waals surface area contributed by atoms with Crippen molar-refractivity contribution in [3.8, 4) is 0 Å². The van der Waals surface area contributed by atoms with E-state index in [1.165, 1.54) is 6.26 Å². The molecule has 1 rings (SSSR count). The fourth-order valence-electron chi connectivity index (χ4n) is 1.58. The Kier molecular flexibility index (Phi) is 4.77. The van der Waals surface area contributed by atoms with E-state index in [0.29, 0.717) is 19.8 Å². The maximum Gasteiger partial charge on any atom is 0.289 e. The molecular formula is C11H20N2O4. The highest BCUT2D eigenvalue weighted by Crippen LogP contribution is 2.06. The molecule has 1 amide bonds. The lowest BCUT2D eigenvalue weighted by atomic mass is 10.1. The molecular weight excluding hydrogens is 224 g/mol. The minimum atomic E-state index is -0.977. The van der Waals surface area contributed by atoms with E-state index in [2.05, 4.69) is 5.32 Å². The van der Waals surface area contributed by atoms with Gasteiger partial charge in [0.2, 0.25) is 5.76 Å². The van der Waals surface area contributed by atoms with Gasteiger partial charge in [-0.2, -0.15) is 0 Å². The largest absolute Gasteiger partial charge is 0.494 e. The van der Waals surface area contributed by atoms with Crippen LogP contribution in [-0.4, -0.2) is 61.9 Å². The molecule has 0 saturated heterocycles. The van der Waals surface area contributed by atoms with Gasteiger partial charge < -0.3 is 24.8 Å². The summed E-state index contributed by atoms with van der Waals surface area (Å²) in [6.45, 7) is 3.11. The first-order chi connectivity index (χ1) is 7.91. The number of hydrogen-bond donors (Lipinski definition) is 2. The lowest BCUT2D eigenvalue weighted by Gasteiger charge is -2.27. The van der Waals surface area contributed by atoms with Gasteiger partial charge in [-0.15, -0.1) is 0 Å². The van der Waals surface area contributed by atoms with Crippen LogP contribution in [0.3, 0.4) is 0 Å². The Balaban J connectivity index is 2.39. The van der Waals surface area contributed by atoms with Crippen molar-refractivity contribution in [2.24, 2.45) is 0 Å². The number of rotatable bonds is 5. The highest BCUT2D eigenvalue weighted by molar-refractivity contribution is 5.91. The van der Waals surface area contributed by atoms with E-state index >= 15 is 0 Å². The van der Waals surface area contributed by atoms with Crippen molar-refractivity contribution in [1.29, 1.82) is 0 Å². The van der Waals surface area contributed by atoms with Crippen molar-refractivity contribution in [2.45, 2.75) is 12.5 Å². The van der Waals surface area contributed by atoms with Gasteiger partial charge in [-0.25, -0.2) is 0 Å². The Morgan fingerprint density at radius 1 is 1.59 bits per heavy atom. The number of aliphatic hydroxyl groups is 1. The topological polar surface area (TPSA) is 71.0 Å². The molecule has 6 nitrogen and oxygen atoms in total. The molecule has 2 N–H and O–H groups in total. The molecule has 0 aromatic carbocycles. The van der Waals surface area contributed by atoms with E-state index in [-0.39, 0.29) is 18.2 Å². The minimum absolute atomic E-state index is 0.150. The number of carbonyl (C=O) groups is 1. The van der Waals surface area contributed by atoms with Gasteiger partial charge in [-0.05, 0) is 21.0 Å². The smallest absolute Gasteiger partial charge is 0.289 e. The van der Waals surface area contributed by atoms with Crippen LogP contribution in [-0.2, 0) is 14.3 Å². The van der Waals surface area contributed by atoms with Crippen LogP contribution in [0.15, 0.2) is 12.0 Å². The Hall–Kier alpha value is -1.27. The van der Waals surface area contributed by atoms with Gasteiger partial charge in [0.25, 0.3) is 5.91 Å². The third-order valence-electron chi connectivity index (χ3n) is 2.16. The molecule has 0 aromatic rings. The summed E-state index contributed by atoms with van der Waals surface area (Å²) < 4.78 is 10.1. The molecule has 0 aliphatic carbocycles. The van der Waals surface area contributed by atoms with Crippen LogP contribution in [0.25, 0.3) is 0 Å². The zero-order valence-corrected chi connectivity index (χ0v) is 10.5. The molecule has 1 heterocycles. The first kappa shape index (κ1) is 13.8. The monoisotopic (exact) mass is 244 g/mol. The molecule has 6 heteroatoms. The molecule has 1 unspecified atom stereocenters. The van der Waals surface area contributed by atoms with Crippen LogP contribution >= 0.6 is 0 Å². The standard InChI is InChI=1S/C11H20N2O4/c1-11(15,8-13(2)3)7-12-10(14)9-6-16-4-5-17-9/h6,15H,4-5,7-8H2,1-3H3,(H,12,14). The Morgan fingerprint density at radius 3 is 2.82 bits per heavy atom. The fraction of sp³-hybridized carbons (Fsp3) is 0.727. The van der Waals surface area contributed by atoms with E-state index in [4.69, 9.17) is 9.47 Å². The zero-order valence-electron chi connectivity index (χ0n) is 10.5.